The van der Waals surface area contributed by atoms with Crippen LogP contribution in [0.5, 0.6) is 5.75 Å². The molecule has 0 spiro atoms. The fraction of sp³-hybridized carbons (Fsp3) is 0.346. The highest BCUT2D eigenvalue weighted by Gasteiger charge is 2.23. The van der Waals surface area contributed by atoms with E-state index in [0.29, 0.717) is 11.6 Å². The number of hydrogen-bond acceptors (Lipinski definition) is 5. The number of rotatable bonds is 6. The van der Waals surface area contributed by atoms with Crippen LogP contribution in [0.3, 0.4) is 0 Å². The predicted octanol–water partition coefficient (Wildman–Crippen LogP) is 4.20. The molecular weight excluding hydrogens is 400 g/mol. The zero-order chi connectivity index (χ0) is 22.5. The first-order chi connectivity index (χ1) is 15.6. The van der Waals surface area contributed by atoms with Gasteiger partial charge in [-0.15, -0.1) is 0 Å². The number of ether oxygens (including phenoxy) is 1. The number of nitrogens with one attached hydrogen (secondary N) is 1. The maximum atomic E-state index is 11.8. The Labute approximate surface area is 189 Å². The number of aromatic nitrogens is 2. The number of nitrogens with zero attached hydrogens (tertiary/aromatic N) is 3. The van der Waals surface area contributed by atoms with Crippen LogP contribution in [-0.4, -0.2) is 48.0 Å². The number of amides is 1. The Hall–Kier alpha value is -3.25. The van der Waals surface area contributed by atoms with Gasteiger partial charge in [-0.25, -0.2) is 0 Å². The molecule has 0 aliphatic carbocycles. The van der Waals surface area contributed by atoms with Gasteiger partial charge in [0, 0.05) is 49.2 Å². The minimum Gasteiger partial charge on any atom is -0.497 e. The zero-order valence-electron chi connectivity index (χ0n) is 19.0. The molecule has 1 saturated heterocycles. The number of methoxy groups -OCH3 is 1. The molecule has 0 saturated carbocycles. The minimum absolute atomic E-state index is 0.179. The molecule has 1 amide bonds. The number of pyridine rings is 2. The van der Waals surface area contributed by atoms with E-state index in [2.05, 4.69) is 39.5 Å². The van der Waals surface area contributed by atoms with E-state index in [-0.39, 0.29) is 5.91 Å². The predicted molar refractivity (Wildman–Crippen MR) is 126 cm³/mol. The molecule has 1 N–H and O–H groups in total. The molecule has 32 heavy (non-hydrogen) atoms. The van der Waals surface area contributed by atoms with Crippen LogP contribution in [0.15, 0.2) is 54.7 Å². The summed E-state index contributed by atoms with van der Waals surface area (Å²) in [6.45, 7) is 5.03. The van der Waals surface area contributed by atoms with Crippen LogP contribution < -0.4 is 10.1 Å². The third-order valence-electron chi connectivity index (χ3n) is 5.99. The largest absolute Gasteiger partial charge is 0.497 e. The number of likely N-dealkylation sites (tertiary alicyclic amines) is 1. The average molecular weight is 431 g/mol. The van der Waals surface area contributed by atoms with E-state index in [0.717, 1.165) is 60.7 Å². The lowest BCUT2D eigenvalue weighted by atomic mass is 9.92. The quantitative estimate of drug-likeness (QED) is 0.635. The second kappa shape index (κ2) is 9.92. The van der Waals surface area contributed by atoms with Crippen LogP contribution in [0.2, 0.25) is 0 Å². The van der Waals surface area contributed by atoms with Crippen molar-refractivity contribution in [1.82, 2.24) is 20.2 Å². The van der Waals surface area contributed by atoms with Crippen molar-refractivity contribution >= 4 is 5.91 Å². The first kappa shape index (κ1) is 22.0. The molecule has 0 unspecified atom stereocenters. The fourth-order valence-corrected chi connectivity index (χ4v) is 4.37. The molecule has 166 valence electrons. The lowest BCUT2D eigenvalue weighted by Crippen LogP contribution is -2.34. The second-order valence-electron chi connectivity index (χ2n) is 8.36. The number of carbonyl (C=O) groups excluding carboxylic acids is 1. The standard InChI is InChI=1S/C26H30N4O2/c1-18-12-22(20-9-10-24(28-15-20)26(31)27-2)14-25(29-18)21-7-5-11-30(17-21)16-19-6-4-8-23(13-19)32-3/h4,6,8-10,12-15,21H,5,7,11,16-17H2,1-3H3,(H,27,31)/t21-/m0/s1. The van der Waals surface area contributed by atoms with Gasteiger partial charge in [-0.2, -0.15) is 0 Å². The topological polar surface area (TPSA) is 67.4 Å². The van der Waals surface area contributed by atoms with Crippen molar-refractivity contribution in [3.63, 3.8) is 0 Å². The molecule has 1 fully saturated rings. The Morgan fingerprint density at radius 3 is 2.81 bits per heavy atom. The third-order valence-corrected chi connectivity index (χ3v) is 5.99. The summed E-state index contributed by atoms with van der Waals surface area (Å²) in [5, 5.41) is 2.61. The molecule has 1 atom stereocenters. The minimum atomic E-state index is -0.179. The molecule has 3 heterocycles. The highest BCUT2D eigenvalue weighted by atomic mass is 16.5. The van der Waals surface area contributed by atoms with Crippen LogP contribution >= 0.6 is 0 Å². The Kier molecular flexibility index (Phi) is 6.81. The van der Waals surface area contributed by atoms with Crippen LogP contribution in [0.4, 0.5) is 0 Å². The lowest BCUT2D eigenvalue weighted by Gasteiger charge is -2.32. The van der Waals surface area contributed by atoms with Crippen LogP contribution in [-0.2, 0) is 6.54 Å². The van der Waals surface area contributed by atoms with Gasteiger partial charge < -0.3 is 10.1 Å². The smallest absolute Gasteiger partial charge is 0.269 e. The highest BCUT2D eigenvalue weighted by molar-refractivity contribution is 5.92. The lowest BCUT2D eigenvalue weighted by molar-refractivity contribution is 0.0958. The van der Waals surface area contributed by atoms with Crippen molar-refractivity contribution in [2.75, 3.05) is 27.2 Å². The molecule has 6 heteroatoms. The summed E-state index contributed by atoms with van der Waals surface area (Å²) in [4.78, 5) is 23.5. The van der Waals surface area contributed by atoms with E-state index >= 15 is 0 Å². The number of hydrogen-bond donors (Lipinski definition) is 1. The molecule has 0 radical (unpaired) electrons. The first-order valence-electron chi connectivity index (χ1n) is 11.1. The van der Waals surface area contributed by atoms with Crippen LogP contribution in [0.1, 0.15) is 46.2 Å². The van der Waals surface area contributed by atoms with Gasteiger partial charge in [0.15, 0.2) is 0 Å². The molecule has 6 nitrogen and oxygen atoms in total. The fourth-order valence-electron chi connectivity index (χ4n) is 4.37. The average Bonchev–Trinajstić information content (AvgIpc) is 2.83. The van der Waals surface area contributed by atoms with E-state index in [1.54, 1.807) is 26.4 Å². The normalized spacial score (nSPS) is 16.5. The maximum absolute atomic E-state index is 11.8. The summed E-state index contributed by atoms with van der Waals surface area (Å²) in [6.07, 6.45) is 4.05. The van der Waals surface area contributed by atoms with Crippen LogP contribution in [0.25, 0.3) is 11.1 Å². The van der Waals surface area contributed by atoms with Gasteiger partial charge in [0.05, 0.1) is 7.11 Å². The Morgan fingerprint density at radius 2 is 2.06 bits per heavy atom. The van der Waals surface area contributed by atoms with Gasteiger partial charge in [0.25, 0.3) is 5.91 Å². The van der Waals surface area contributed by atoms with E-state index < -0.39 is 0 Å². The summed E-state index contributed by atoms with van der Waals surface area (Å²) >= 11 is 0. The Bertz CT molecular complexity index is 1080. The van der Waals surface area contributed by atoms with E-state index in [1.165, 1.54) is 5.56 Å². The molecule has 3 aromatic rings. The molecule has 1 aliphatic heterocycles. The number of carbonyl (C=O) groups is 1. The Balaban J connectivity index is 1.51. The van der Waals surface area contributed by atoms with E-state index in [1.807, 2.05) is 25.1 Å². The van der Waals surface area contributed by atoms with Crippen molar-refractivity contribution in [3.05, 3.63) is 77.4 Å². The molecular formula is C26H30N4O2. The van der Waals surface area contributed by atoms with Gasteiger partial charge in [0.1, 0.15) is 11.4 Å². The van der Waals surface area contributed by atoms with Gasteiger partial charge in [0.2, 0.25) is 0 Å². The summed E-state index contributed by atoms with van der Waals surface area (Å²) in [6, 6.07) is 16.3. The molecule has 1 aliphatic rings. The van der Waals surface area contributed by atoms with E-state index in [4.69, 9.17) is 9.72 Å². The van der Waals surface area contributed by atoms with Gasteiger partial charge >= 0.3 is 0 Å². The summed E-state index contributed by atoms with van der Waals surface area (Å²) in [7, 11) is 3.32. The summed E-state index contributed by atoms with van der Waals surface area (Å²) in [5.74, 6) is 1.12. The Morgan fingerprint density at radius 1 is 1.19 bits per heavy atom. The number of benzene rings is 1. The van der Waals surface area contributed by atoms with Crippen molar-refractivity contribution in [1.29, 1.82) is 0 Å². The van der Waals surface area contributed by atoms with Crippen LogP contribution in [0, 0.1) is 6.92 Å². The number of aryl methyl sites for hydroxylation is 1. The van der Waals surface area contributed by atoms with Gasteiger partial charge in [-0.1, -0.05) is 18.2 Å². The third kappa shape index (κ3) is 5.14. The SMILES string of the molecule is CNC(=O)c1ccc(-c2cc(C)nc([C@H]3CCCN(Cc4cccc(OC)c4)C3)c2)cn1. The highest BCUT2D eigenvalue weighted by Crippen LogP contribution is 2.30. The van der Waals surface area contributed by atoms with Gasteiger partial charge in [-0.05, 0) is 67.8 Å². The maximum Gasteiger partial charge on any atom is 0.269 e. The molecule has 2 aromatic heterocycles. The monoisotopic (exact) mass is 430 g/mol. The summed E-state index contributed by atoms with van der Waals surface area (Å²) in [5.41, 5.74) is 5.90. The van der Waals surface area contributed by atoms with Crippen molar-refractivity contribution in [3.8, 4) is 16.9 Å². The van der Waals surface area contributed by atoms with Crippen molar-refractivity contribution < 1.29 is 9.53 Å². The van der Waals surface area contributed by atoms with E-state index in [9.17, 15) is 4.79 Å². The van der Waals surface area contributed by atoms with Crippen molar-refractivity contribution in [2.45, 2.75) is 32.2 Å². The second-order valence-corrected chi connectivity index (χ2v) is 8.36. The molecule has 0 bridgehead atoms. The summed E-state index contributed by atoms with van der Waals surface area (Å²) < 4.78 is 5.37. The first-order valence-corrected chi connectivity index (χ1v) is 11.1. The van der Waals surface area contributed by atoms with Gasteiger partial charge in [-0.3, -0.25) is 19.7 Å². The molecule has 1 aromatic carbocycles. The zero-order valence-corrected chi connectivity index (χ0v) is 19.0. The number of piperidine rings is 1. The van der Waals surface area contributed by atoms with Crippen molar-refractivity contribution in [2.24, 2.45) is 0 Å². The molecule has 4 rings (SSSR count).